The lowest BCUT2D eigenvalue weighted by Gasteiger charge is -2.15. The quantitative estimate of drug-likeness (QED) is 0.688. The minimum Gasteiger partial charge on any atom is -0.495 e. The molecule has 0 heterocycles. The molecule has 1 N–H and O–H groups in total. The van der Waals surface area contributed by atoms with E-state index >= 15 is 0 Å². The molecule has 6 nitrogen and oxygen atoms in total. The van der Waals surface area contributed by atoms with Gasteiger partial charge in [-0.1, -0.05) is 29.8 Å². The van der Waals surface area contributed by atoms with E-state index in [9.17, 15) is 9.59 Å². The summed E-state index contributed by atoms with van der Waals surface area (Å²) in [5, 5.41) is 3.09. The van der Waals surface area contributed by atoms with E-state index in [1.807, 2.05) is 31.2 Å². The third-order valence-corrected chi connectivity index (χ3v) is 3.99. The molecule has 2 rings (SSSR count). The number of hydrogen-bond acceptors (Lipinski definition) is 5. The van der Waals surface area contributed by atoms with Gasteiger partial charge in [0.25, 0.3) is 5.91 Å². The summed E-state index contributed by atoms with van der Waals surface area (Å²) in [6.07, 6.45) is -0.938. The van der Waals surface area contributed by atoms with Crippen molar-refractivity contribution in [3.05, 3.63) is 53.1 Å². The van der Waals surface area contributed by atoms with Crippen LogP contribution in [0.5, 0.6) is 11.5 Å². The molecule has 0 radical (unpaired) electrons. The highest BCUT2D eigenvalue weighted by Crippen LogP contribution is 2.27. The van der Waals surface area contributed by atoms with Gasteiger partial charge in [0.1, 0.15) is 11.5 Å². The molecule has 0 aromatic heterocycles. The minimum absolute atomic E-state index is 0.0342. The third kappa shape index (κ3) is 6.18. The maximum atomic E-state index is 12.2. The van der Waals surface area contributed by atoms with E-state index in [0.29, 0.717) is 22.2 Å². The van der Waals surface area contributed by atoms with Gasteiger partial charge in [-0.05, 0) is 43.7 Å². The van der Waals surface area contributed by atoms with Crippen LogP contribution in [-0.4, -0.2) is 31.7 Å². The van der Waals surface area contributed by atoms with Gasteiger partial charge in [-0.15, -0.1) is 0 Å². The predicted octanol–water partition coefficient (Wildman–Crippen LogP) is 4.00. The molecule has 2 aromatic carbocycles. The second kappa shape index (κ2) is 9.83. The van der Waals surface area contributed by atoms with Crippen molar-refractivity contribution in [2.45, 2.75) is 26.4 Å². The highest BCUT2D eigenvalue weighted by atomic mass is 35.5. The summed E-state index contributed by atoms with van der Waals surface area (Å²) >= 11 is 5.93. The SMILES string of the molecule is COc1ccc(Cl)cc1NC(=O)C(C)OC(=O)CCOc1ccccc1C. The molecule has 1 atom stereocenters. The van der Waals surface area contributed by atoms with E-state index in [4.69, 9.17) is 25.8 Å². The number of carbonyl (C=O) groups is 2. The fourth-order valence-corrected chi connectivity index (χ4v) is 2.46. The van der Waals surface area contributed by atoms with Crippen LogP contribution < -0.4 is 14.8 Å². The molecule has 1 unspecified atom stereocenters. The van der Waals surface area contributed by atoms with E-state index in [0.717, 1.165) is 5.56 Å². The molecule has 7 heteroatoms. The molecule has 0 fully saturated rings. The largest absolute Gasteiger partial charge is 0.495 e. The fraction of sp³-hybridized carbons (Fsp3) is 0.300. The van der Waals surface area contributed by atoms with Crippen LogP contribution in [0, 0.1) is 6.92 Å². The number of benzene rings is 2. The van der Waals surface area contributed by atoms with Crippen molar-refractivity contribution in [2.24, 2.45) is 0 Å². The van der Waals surface area contributed by atoms with Crippen LogP contribution in [0.1, 0.15) is 18.9 Å². The summed E-state index contributed by atoms with van der Waals surface area (Å²) in [4.78, 5) is 24.2. The van der Waals surface area contributed by atoms with Crippen LogP contribution in [0.4, 0.5) is 5.69 Å². The molecule has 0 saturated carbocycles. The molecular formula is C20H22ClNO5. The summed E-state index contributed by atoms with van der Waals surface area (Å²) in [6.45, 7) is 3.58. The Labute approximate surface area is 163 Å². The average molecular weight is 392 g/mol. The van der Waals surface area contributed by atoms with Gasteiger partial charge < -0.3 is 19.5 Å². The minimum atomic E-state index is -0.973. The van der Waals surface area contributed by atoms with Gasteiger partial charge in [0, 0.05) is 5.02 Å². The maximum Gasteiger partial charge on any atom is 0.310 e. The van der Waals surface area contributed by atoms with E-state index < -0.39 is 18.0 Å². The highest BCUT2D eigenvalue weighted by molar-refractivity contribution is 6.31. The van der Waals surface area contributed by atoms with Crippen molar-refractivity contribution in [1.82, 2.24) is 0 Å². The van der Waals surface area contributed by atoms with Crippen molar-refractivity contribution in [2.75, 3.05) is 19.0 Å². The number of halogens is 1. The van der Waals surface area contributed by atoms with E-state index in [2.05, 4.69) is 5.32 Å². The number of amides is 1. The van der Waals surface area contributed by atoms with E-state index in [1.54, 1.807) is 18.2 Å². The molecule has 144 valence electrons. The van der Waals surface area contributed by atoms with Gasteiger partial charge >= 0.3 is 5.97 Å². The number of esters is 1. The number of aryl methyl sites for hydroxylation is 1. The first-order chi connectivity index (χ1) is 12.9. The fourth-order valence-electron chi connectivity index (χ4n) is 2.28. The van der Waals surface area contributed by atoms with Gasteiger partial charge in [0.05, 0.1) is 25.8 Å². The van der Waals surface area contributed by atoms with Crippen molar-refractivity contribution in [3.63, 3.8) is 0 Å². The summed E-state index contributed by atoms with van der Waals surface area (Å²) in [7, 11) is 1.48. The average Bonchev–Trinajstić information content (AvgIpc) is 2.63. The van der Waals surface area contributed by atoms with Crippen LogP contribution in [0.25, 0.3) is 0 Å². The second-order valence-corrected chi connectivity index (χ2v) is 6.27. The summed E-state index contributed by atoms with van der Waals surface area (Å²) < 4.78 is 15.9. The number of rotatable bonds is 8. The van der Waals surface area contributed by atoms with Gasteiger partial charge in [-0.25, -0.2) is 0 Å². The maximum absolute atomic E-state index is 12.2. The molecule has 0 spiro atoms. The number of carbonyl (C=O) groups excluding carboxylic acids is 2. The second-order valence-electron chi connectivity index (χ2n) is 5.83. The van der Waals surface area contributed by atoms with E-state index in [1.165, 1.54) is 14.0 Å². The van der Waals surface area contributed by atoms with Crippen LogP contribution in [0.2, 0.25) is 5.02 Å². The standard InChI is InChI=1S/C20H22ClNO5/c1-13-6-4-5-7-17(13)26-11-10-19(23)27-14(2)20(24)22-16-12-15(21)8-9-18(16)25-3/h4-9,12,14H,10-11H2,1-3H3,(H,22,24). The first kappa shape index (κ1) is 20.6. The van der Waals surface area contributed by atoms with Crippen LogP contribution in [0.15, 0.2) is 42.5 Å². The Bertz CT molecular complexity index is 809. The molecule has 2 aromatic rings. The monoisotopic (exact) mass is 391 g/mol. The third-order valence-electron chi connectivity index (χ3n) is 3.75. The molecular weight excluding hydrogens is 370 g/mol. The van der Waals surface area contributed by atoms with Crippen LogP contribution >= 0.6 is 11.6 Å². The molecule has 0 saturated heterocycles. The Kier molecular flexibility index (Phi) is 7.49. The van der Waals surface area contributed by atoms with Gasteiger partial charge in [0.2, 0.25) is 0 Å². The zero-order chi connectivity index (χ0) is 19.8. The zero-order valence-corrected chi connectivity index (χ0v) is 16.2. The van der Waals surface area contributed by atoms with Crippen molar-refractivity contribution in [3.8, 4) is 11.5 Å². The lowest BCUT2D eigenvalue weighted by Crippen LogP contribution is -2.30. The van der Waals surface area contributed by atoms with Crippen molar-refractivity contribution >= 4 is 29.2 Å². The Balaban J connectivity index is 1.82. The lowest BCUT2D eigenvalue weighted by molar-refractivity contribution is -0.153. The number of para-hydroxylation sites is 1. The summed E-state index contributed by atoms with van der Waals surface area (Å²) in [5.74, 6) is 0.162. The molecule has 1 amide bonds. The van der Waals surface area contributed by atoms with Crippen molar-refractivity contribution < 1.29 is 23.8 Å². The number of hydrogen-bond donors (Lipinski definition) is 1. The summed E-state index contributed by atoms with van der Waals surface area (Å²) in [5.41, 5.74) is 1.38. The predicted molar refractivity (Wildman–Crippen MR) is 103 cm³/mol. The normalized spacial score (nSPS) is 11.4. The zero-order valence-electron chi connectivity index (χ0n) is 15.5. The first-order valence-electron chi connectivity index (χ1n) is 8.43. The Hall–Kier alpha value is -2.73. The van der Waals surface area contributed by atoms with E-state index in [-0.39, 0.29) is 13.0 Å². The topological polar surface area (TPSA) is 73.9 Å². The number of methoxy groups -OCH3 is 1. The number of ether oxygens (including phenoxy) is 3. The summed E-state index contributed by atoms with van der Waals surface area (Å²) in [6, 6.07) is 12.4. The molecule has 0 aliphatic rings. The Morgan fingerprint density at radius 3 is 2.59 bits per heavy atom. The Morgan fingerprint density at radius 1 is 1.15 bits per heavy atom. The lowest BCUT2D eigenvalue weighted by atomic mass is 10.2. The van der Waals surface area contributed by atoms with Crippen molar-refractivity contribution in [1.29, 1.82) is 0 Å². The first-order valence-corrected chi connectivity index (χ1v) is 8.81. The van der Waals surface area contributed by atoms with Crippen LogP contribution in [0.3, 0.4) is 0 Å². The smallest absolute Gasteiger partial charge is 0.310 e. The van der Waals surface area contributed by atoms with Gasteiger partial charge in [0.15, 0.2) is 6.10 Å². The molecule has 0 bridgehead atoms. The van der Waals surface area contributed by atoms with Gasteiger partial charge in [-0.2, -0.15) is 0 Å². The van der Waals surface area contributed by atoms with Gasteiger partial charge in [-0.3, -0.25) is 9.59 Å². The number of nitrogens with one attached hydrogen (secondary N) is 1. The molecule has 0 aliphatic carbocycles. The number of anilines is 1. The highest BCUT2D eigenvalue weighted by Gasteiger charge is 2.19. The molecule has 27 heavy (non-hydrogen) atoms. The van der Waals surface area contributed by atoms with Crippen LogP contribution in [-0.2, 0) is 14.3 Å². The molecule has 0 aliphatic heterocycles. The Morgan fingerprint density at radius 2 is 1.89 bits per heavy atom.